The Bertz CT molecular complexity index is 364. The predicted molar refractivity (Wildman–Crippen MR) is 68.6 cm³/mol. The second-order valence-electron chi connectivity index (χ2n) is 3.77. The molecule has 0 aliphatic heterocycles. The first-order chi connectivity index (χ1) is 7.34. The van der Waals surface area contributed by atoms with Crippen LogP contribution in [0.4, 0.5) is 0 Å². The summed E-state index contributed by atoms with van der Waals surface area (Å²) in [4.78, 5) is 0. The van der Waals surface area contributed by atoms with Gasteiger partial charge in [0, 0.05) is 6.04 Å². The van der Waals surface area contributed by atoms with Crippen molar-refractivity contribution in [1.29, 1.82) is 0 Å². The van der Waals surface area contributed by atoms with Crippen LogP contribution < -0.4 is 5.73 Å². The van der Waals surface area contributed by atoms with Crippen LogP contribution in [-0.2, 0) is 12.8 Å². The van der Waals surface area contributed by atoms with E-state index in [0.29, 0.717) is 6.04 Å². The van der Waals surface area contributed by atoms with Gasteiger partial charge >= 0.3 is 0 Å². The van der Waals surface area contributed by atoms with E-state index in [2.05, 4.69) is 33.7 Å². The average molecular weight is 237 g/mol. The third-order valence-corrected chi connectivity index (χ3v) is 3.93. The number of rotatable bonds is 5. The quantitative estimate of drug-likeness (QED) is 0.848. The lowest BCUT2D eigenvalue weighted by Gasteiger charge is -2.09. The van der Waals surface area contributed by atoms with E-state index in [9.17, 15) is 0 Å². The Labute approximate surface area is 98.6 Å². The van der Waals surface area contributed by atoms with Crippen molar-refractivity contribution in [3.63, 3.8) is 0 Å². The molecule has 0 saturated heterocycles. The van der Waals surface area contributed by atoms with Crippen molar-refractivity contribution in [2.45, 2.75) is 25.3 Å². The zero-order valence-corrected chi connectivity index (χ0v) is 10.2. The number of nitrogens with two attached hydrogens (primary N) is 1. The smallest absolute Gasteiger partial charge is 0.00827 e. The minimum Gasteiger partial charge on any atom is -0.327 e. The summed E-state index contributed by atoms with van der Waals surface area (Å²) in [6.07, 6.45) is 3.19. The van der Waals surface area contributed by atoms with Crippen LogP contribution in [-0.4, -0.2) is 6.04 Å². The Morgan fingerprint density at radius 2 is 1.73 bits per heavy atom. The zero-order chi connectivity index (χ0) is 10.5. The van der Waals surface area contributed by atoms with Gasteiger partial charge in [-0.15, -0.1) is 0 Å². The van der Waals surface area contributed by atoms with Crippen LogP contribution in [0.1, 0.15) is 17.5 Å². The molecule has 0 aliphatic rings. The van der Waals surface area contributed by atoms with E-state index < -0.39 is 0 Å². The summed E-state index contributed by atoms with van der Waals surface area (Å²) in [5, 5.41) is 8.63. The van der Waals surface area contributed by atoms with Crippen LogP contribution in [0.5, 0.6) is 0 Å². The van der Waals surface area contributed by atoms with Crippen molar-refractivity contribution in [1.82, 2.24) is 0 Å². The van der Waals surface area contributed by atoms with Crippen molar-refractivity contribution in [2.24, 2.45) is 5.73 Å². The molecule has 0 saturated carbocycles. The summed E-state index contributed by atoms with van der Waals surface area (Å²) in [6.45, 7) is 0. The van der Waals surface area contributed by atoms with Gasteiger partial charge in [0.2, 0.25) is 0 Å². The highest BCUT2D eigenvalue weighted by Gasteiger charge is 2.05. The molecule has 0 bridgehead atoms. The maximum atomic E-state index is 6.09. The van der Waals surface area contributed by atoms with Crippen molar-refractivity contribution in [3.05, 3.63) is 44.8 Å². The second-order valence-corrected chi connectivity index (χ2v) is 5.33. The zero-order valence-electron chi connectivity index (χ0n) is 8.56. The van der Waals surface area contributed by atoms with E-state index in [4.69, 9.17) is 5.73 Å². The van der Waals surface area contributed by atoms with Gasteiger partial charge in [-0.05, 0) is 64.0 Å². The van der Waals surface area contributed by atoms with Crippen LogP contribution in [0.2, 0.25) is 0 Å². The maximum Gasteiger partial charge on any atom is 0.00827 e. The predicted octanol–water partition coefficient (Wildman–Crippen LogP) is 3.31. The molecule has 0 aromatic carbocycles. The first kappa shape index (κ1) is 10.9. The van der Waals surface area contributed by atoms with E-state index in [0.717, 1.165) is 19.3 Å². The van der Waals surface area contributed by atoms with Crippen LogP contribution in [0.25, 0.3) is 0 Å². The topological polar surface area (TPSA) is 26.0 Å². The monoisotopic (exact) mass is 237 g/mol. The largest absolute Gasteiger partial charge is 0.327 e. The lowest BCUT2D eigenvalue weighted by molar-refractivity contribution is 0.612. The Morgan fingerprint density at radius 3 is 2.33 bits per heavy atom. The van der Waals surface area contributed by atoms with Crippen molar-refractivity contribution in [3.8, 4) is 0 Å². The van der Waals surface area contributed by atoms with E-state index in [-0.39, 0.29) is 0 Å². The molecule has 3 heteroatoms. The summed E-state index contributed by atoms with van der Waals surface area (Å²) in [6, 6.07) is 4.64. The second kappa shape index (κ2) is 5.45. The summed E-state index contributed by atoms with van der Waals surface area (Å²) < 4.78 is 0. The lowest BCUT2D eigenvalue weighted by atomic mass is 10.0. The molecule has 1 nitrogen and oxygen atoms in total. The first-order valence-corrected chi connectivity index (χ1v) is 7.01. The lowest BCUT2D eigenvalue weighted by Crippen LogP contribution is -2.23. The molecular formula is C12H15NS2. The van der Waals surface area contributed by atoms with E-state index in [1.54, 1.807) is 22.7 Å². The molecule has 1 unspecified atom stereocenters. The molecule has 0 fully saturated rings. The first-order valence-electron chi connectivity index (χ1n) is 5.12. The Hall–Kier alpha value is -0.640. The molecule has 2 heterocycles. The van der Waals surface area contributed by atoms with Gasteiger partial charge in [-0.3, -0.25) is 0 Å². The Balaban J connectivity index is 1.76. The van der Waals surface area contributed by atoms with Gasteiger partial charge in [0.1, 0.15) is 0 Å². The minimum atomic E-state index is 0.291. The van der Waals surface area contributed by atoms with Gasteiger partial charge in [0.05, 0.1) is 0 Å². The highest BCUT2D eigenvalue weighted by Crippen LogP contribution is 2.13. The summed E-state index contributed by atoms with van der Waals surface area (Å²) in [5.74, 6) is 0. The fourth-order valence-corrected chi connectivity index (χ4v) is 2.99. The highest BCUT2D eigenvalue weighted by atomic mass is 32.1. The number of hydrogen-bond donors (Lipinski definition) is 1. The number of thiophene rings is 2. The summed E-state index contributed by atoms with van der Waals surface area (Å²) >= 11 is 3.50. The molecule has 2 rings (SSSR count). The highest BCUT2D eigenvalue weighted by molar-refractivity contribution is 7.08. The molecule has 80 valence electrons. The third-order valence-electron chi connectivity index (χ3n) is 2.46. The van der Waals surface area contributed by atoms with Crippen LogP contribution in [0.3, 0.4) is 0 Å². The standard InChI is InChI=1S/C12H15NS2/c13-12(7-11-4-6-15-9-11)2-1-10-3-5-14-8-10/h3-6,8-9,12H,1-2,7,13H2. The van der Waals surface area contributed by atoms with Crippen molar-refractivity contribution >= 4 is 22.7 Å². The van der Waals surface area contributed by atoms with Crippen LogP contribution in [0, 0.1) is 0 Å². The van der Waals surface area contributed by atoms with Gasteiger partial charge in [0.25, 0.3) is 0 Å². The van der Waals surface area contributed by atoms with Crippen LogP contribution >= 0.6 is 22.7 Å². The third kappa shape index (κ3) is 3.45. The Kier molecular flexibility index (Phi) is 3.94. The van der Waals surface area contributed by atoms with Gasteiger partial charge in [0.15, 0.2) is 0 Å². The van der Waals surface area contributed by atoms with Crippen LogP contribution in [0.15, 0.2) is 33.7 Å². The minimum absolute atomic E-state index is 0.291. The molecular weight excluding hydrogens is 222 g/mol. The molecule has 15 heavy (non-hydrogen) atoms. The molecule has 1 atom stereocenters. The Morgan fingerprint density at radius 1 is 1.07 bits per heavy atom. The van der Waals surface area contributed by atoms with E-state index in [1.165, 1.54) is 11.1 Å². The summed E-state index contributed by atoms with van der Waals surface area (Å²) in [7, 11) is 0. The van der Waals surface area contributed by atoms with E-state index >= 15 is 0 Å². The molecule has 0 spiro atoms. The molecule has 0 amide bonds. The van der Waals surface area contributed by atoms with Gasteiger partial charge < -0.3 is 5.73 Å². The number of hydrogen-bond acceptors (Lipinski definition) is 3. The molecule has 0 radical (unpaired) electrons. The molecule has 0 aliphatic carbocycles. The van der Waals surface area contributed by atoms with Gasteiger partial charge in [-0.1, -0.05) is 0 Å². The fourth-order valence-electron chi connectivity index (χ4n) is 1.60. The molecule has 2 N–H and O–H groups in total. The normalized spacial score (nSPS) is 12.9. The van der Waals surface area contributed by atoms with Gasteiger partial charge in [-0.25, -0.2) is 0 Å². The van der Waals surface area contributed by atoms with Crippen molar-refractivity contribution in [2.75, 3.05) is 0 Å². The molecule has 2 aromatic heterocycles. The maximum absolute atomic E-state index is 6.09. The van der Waals surface area contributed by atoms with E-state index in [1.807, 2.05) is 0 Å². The molecule has 2 aromatic rings. The number of aryl methyl sites for hydroxylation is 1. The fraction of sp³-hybridized carbons (Fsp3) is 0.333. The SMILES string of the molecule is NC(CCc1ccsc1)Cc1ccsc1. The van der Waals surface area contributed by atoms with Crippen molar-refractivity contribution < 1.29 is 0 Å². The average Bonchev–Trinajstić information content (AvgIpc) is 2.86. The van der Waals surface area contributed by atoms with Gasteiger partial charge in [-0.2, -0.15) is 22.7 Å². The summed E-state index contributed by atoms with van der Waals surface area (Å²) in [5.41, 5.74) is 8.88.